The van der Waals surface area contributed by atoms with Crippen molar-refractivity contribution < 1.29 is 9.84 Å². The van der Waals surface area contributed by atoms with Crippen LogP contribution in [0.3, 0.4) is 0 Å². The van der Waals surface area contributed by atoms with Gasteiger partial charge in [-0.15, -0.1) is 0 Å². The smallest absolute Gasteiger partial charge is 0.140 e. The van der Waals surface area contributed by atoms with E-state index < -0.39 is 6.10 Å². The zero-order valence-electron chi connectivity index (χ0n) is 8.96. The molecule has 3 nitrogen and oxygen atoms in total. The van der Waals surface area contributed by atoms with Crippen molar-refractivity contribution in [2.45, 2.75) is 19.4 Å². The Kier molecular flexibility index (Phi) is 4.39. The number of rotatable bonds is 4. The molecule has 0 aliphatic carbocycles. The van der Waals surface area contributed by atoms with Crippen LogP contribution in [0.5, 0.6) is 5.75 Å². The van der Waals surface area contributed by atoms with Gasteiger partial charge in [0.05, 0.1) is 18.2 Å². The Bertz CT molecular complexity index is 342. The highest BCUT2D eigenvalue weighted by Gasteiger charge is 2.12. The third kappa shape index (κ3) is 2.62. The van der Waals surface area contributed by atoms with Gasteiger partial charge < -0.3 is 15.6 Å². The molecular weight excluding hydrogens is 214 g/mol. The van der Waals surface area contributed by atoms with E-state index in [1.165, 1.54) is 0 Å². The van der Waals surface area contributed by atoms with Crippen LogP contribution < -0.4 is 10.5 Å². The molecule has 0 heterocycles. The van der Waals surface area contributed by atoms with Crippen LogP contribution in [0.2, 0.25) is 5.02 Å². The molecule has 1 unspecified atom stereocenters. The molecule has 0 spiro atoms. The van der Waals surface area contributed by atoms with Gasteiger partial charge in [0.2, 0.25) is 0 Å². The number of hydrogen-bond donors (Lipinski definition) is 2. The number of methoxy groups -OCH3 is 1. The van der Waals surface area contributed by atoms with Gasteiger partial charge in [-0.3, -0.25) is 0 Å². The summed E-state index contributed by atoms with van der Waals surface area (Å²) in [6, 6.07) is 3.57. The first-order chi connectivity index (χ1) is 7.13. The van der Waals surface area contributed by atoms with E-state index in [9.17, 15) is 5.11 Å². The van der Waals surface area contributed by atoms with Gasteiger partial charge in [0, 0.05) is 6.54 Å². The fourth-order valence-electron chi connectivity index (χ4n) is 1.49. The van der Waals surface area contributed by atoms with Crippen molar-refractivity contribution in [3.05, 3.63) is 28.3 Å². The Morgan fingerprint density at radius 3 is 2.67 bits per heavy atom. The molecule has 0 aliphatic rings. The minimum Gasteiger partial charge on any atom is -0.495 e. The van der Waals surface area contributed by atoms with E-state index in [4.69, 9.17) is 22.1 Å². The van der Waals surface area contributed by atoms with E-state index in [0.717, 1.165) is 17.5 Å². The molecule has 84 valence electrons. The van der Waals surface area contributed by atoms with E-state index in [1.54, 1.807) is 13.2 Å². The molecule has 0 aromatic heterocycles. The van der Waals surface area contributed by atoms with E-state index in [0.29, 0.717) is 10.8 Å². The minimum atomic E-state index is -0.668. The normalized spacial score (nSPS) is 12.6. The summed E-state index contributed by atoms with van der Waals surface area (Å²) < 4.78 is 5.19. The van der Waals surface area contributed by atoms with Crippen molar-refractivity contribution >= 4 is 11.6 Å². The maximum absolute atomic E-state index is 9.61. The summed E-state index contributed by atoms with van der Waals surface area (Å²) in [7, 11) is 1.58. The van der Waals surface area contributed by atoms with Crippen LogP contribution in [-0.4, -0.2) is 18.8 Å². The summed E-state index contributed by atoms with van der Waals surface area (Å²) in [6.45, 7) is 2.19. The molecule has 4 heteroatoms. The van der Waals surface area contributed by atoms with Gasteiger partial charge in [0.15, 0.2) is 0 Å². The summed E-state index contributed by atoms with van der Waals surface area (Å²) in [5.74, 6) is 0.673. The van der Waals surface area contributed by atoms with Gasteiger partial charge in [-0.25, -0.2) is 0 Å². The van der Waals surface area contributed by atoms with E-state index >= 15 is 0 Å². The first-order valence-electron chi connectivity index (χ1n) is 4.88. The molecular formula is C11H16ClNO2. The van der Waals surface area contributed by atoms with Crippen LogP contribution in [-0.2, 0) is 6.42 Å². The Labute approximate surface area is 94.8 Å². The Morgan fingerprint density at radius 1 is 1.53 bits per heavy atom. The molecule has 0 saturated carbocycles. The standard InChI is InChI=1S/C11H16ClNO2/c1-3-7-4-8(10(14)6-13)5-9(12)11(7)15-2/h4-5,10,14H,3,6,13H2,1-2H3. The van der Waals surface area contributed by atoms with E-state index in [2.05, 4.69) is 0 Å². The van der Waals surface area contributed by atoms with Crippen molar-refractivity contribution in [3.63, 3.8) is 0 Å². The van der Waals surface area contributed by atoms with Crippen LogP contribution in [0.4, 0.5) is 0 Å². The third-order valence-corrected chi connectivity index (χ3v) is 2.62. The molecule has 0 bridgehead atoms. The van der Waals surface area contributed by atoms with Crippen LogP contribution in [0.25, 0.3) is 0 Å². The average molecular weight is 230 g/mol. The Hall–Kier alpha value is -0.770. The Balaban J connectivity index is 3.19. The molecule has 15 heavy (non-hydrogen) atoms. The third-order valence-electron chi connectivity index (χ3n) is 2.34. The largest absolute Gasteiger partial charge is 0.495 e. The highest BCUT2D eigenvalue weighted by atomic mass is 35.5. The van der Waals surface area contributed by atoms with Crippen LogP contribution in [0.1, 0.15) is 24.2 Å². The topological polar surface area (TPSA) is 55.5 Å². The first-order valence-corrected chi connectivity index (χ1v) is 5.26. The number of aliphatic hydroxyl groups excluding tert-OH is 1. The SMILES string of the molecule is CCc1cc(C(O)CN)cc(Cl)c1OC. The lowest BCUT2D eigenvalue weighted by Crippen LogP contribution is -2.12. The van der Waals surface area contributed by atoms with Gasteiger partial charge in [0.1, 0.15) is 5.75 Å². The second-order valence-corrected chi connectivity index (χ2v) is 3.71. The average Bonchev–Trinajstić information content (AvgIpc) is 2.26. The molecule has 0 amide bonds. The van der Waals surface area contributed by atoms with Crippen LogP contribution >= 0.6 is 11.6 Å². The lowest BCUT2D eigenvalue weighted by Gasteiger charge is -2.14. The monoisotopic (exact) mass is 229 g/mol. The predicted molar refractivity (Wildman–Crippen MR) is 61.4 cm³/mol. The number of benzene rings is 1. The fraction of sp³-hybridized carbons (Fsp3) is 0.455. The molecule has 1 rings (SSSR count). The van der Waals surface area contributed by atoms with Crippen molar-refractivity contribution in [2.75, 3.05) is 13.7 Å². The molecule has 0 radical (unpaired) electrons. The van der Waals surface area contributed by atoms with Crippen LogP contribution in [0.15, 0.2) is 12.1 Å². The van der Waals surface area contributed by atoms with Crippen molar-refractivity contribution in [3.8, 4) is 5.75 Å². The second kappa shape index (κ2) is 5.35. The van der Waals surface area contributed by atoms with Crippen LogP contribution in [0, 0.1) is 0 Å². The number of nitrogens with two attached hydrogens (primary N) is 1. The molecule has 1 atom stereocenters. The van der Waals surface area contributed by atoms with Gasteiger partial charge in [-0.1, -0.05) is 18.5 Å². The molecule has 1 aromatic rings. The molecule has 0 aliphatic heterocycles. The summed E-state index contributed by atoms with van der Waals surface area (Å²) in [4.78, 5) is 0. The van der Waals surface area contributed by atoms with Crippen molar-refractivity contribution in [2.24, 2.45) is 5.73 Å². The number of aryl methyl sites for hydroxylation is 1. The van der Waals surface area contributed by atoms with E-state index in [-0.39, 0.29) is 6.54 Å². The maximum Gasteiger partial charge on any atom is 0.140 e. The summed E-state index contributed by atoms with van der Waals surface area (Å²) in [6.07, 6.45) is 0.132. The second-order valence-electron chi connectivity index (χ2n) is 3.30. The molecule has 1 aromatic carbocycles. The Morgan fingerprint density at radius 2 is 2.20 bits per heavy atom. The molecule has 3 N–H and O–H groups in total. The summed E-state index contributed by atoms with van der Waals surface area (Å²) >= 11 is 6.04. The number of ether oxygens (including phenoxy) is 1. The number of hydrogen-bond acceptors (Lipinski definition) is 3. The molecule has 0 saturated heterocycles. The zero-order valence-corrected chi connectivity index (χ0v) is 9.71. The summed E-state index contributed by atoms with van der Waals surface area (Å²) in [5.41, 5.74) is 7.11. The van der Waals surface area contributed by atoms with Gasteiger partial charge in [-0.2, -0.15) is 0 Å². The molecule has 0 fully saturated rings. The quantitative estimate of drug-likeness (QED) is 0.829. The predicted octanol–water partition coefficient (Wildman–Crippen LogP) is 1.90. The summed E-state index contributed by atoms with van der Waals surface area (Å²) in [5, 5.41) is 10.1. The highest BCUT2D eigenvalue weighted by Crippen LogP contribution is 2.32. The van der Waals surface area contributed by atoms with Gasteiger partial charge in [-0.05, 0) is 29.7 Å². The lowest BCUT2D eigenvalue weighted by atomic mass is 10.0. The zero-order chi connectivity index (χ0) is 11.4. The number of halogens is 1. The van der Waals surface area contributed by atoms with E-state index in [1.807, 2.05) is 13.0 Å². The highest BCUT2D eigenvalue weighted by molar-refractivity contribution is 6.32. The fourth-order valence-corrected chi connectivity index (χ4v) is 1.82. The number of aliphatic hydroxyl groups is 1. The maximum atomic E-state index is 9.61. The van der Waals surface area contributed by atoms with Gasteiger partial charge >= 0.3 is 0 Å². The minimum absolute atomic E-state index is 0.186. The van der Waals surface area contributed by atoms with Crippen molar-refractivity contribution in [1.82, 2.24) is 0 Å². The first kappa shape index (κ1) is 12.3. The van der Waals surface area contributed by atoms with Gasteiger partial charge in [0.25, 0.3) is 0 Å². The van der Waals surface area contributed by atoms with Crippen molar-refractivity contribution in [1.29, 1.82) is 0 Å². The lowest BCUT2D eigenvalue weighted by molar-refractivity contribution is 0.186.